The van der Waals surface area contributed by atoms with Gasteiger partial charge in [0, 0.05) is 0 Å². The molecule has 0 fully saturated rings. The fraction of sp³-hybridized carbons (Fsp3) is 0.0667. The molecule has 0 heterocycles. The maximum absolute atomic E-state index is 9.20. The number of fused-ring (bicyclic) bond motifs is 6. The Morgan fingerprint density at radius 1 is 0.447 bits per heavy atom. The molecule has 0 saturated heterocycles. The molecule has 0 radical (unpaired) electrons. The third kappa shape index (κ3) is 4.61. The van der Waals surface area contributed by atoms with Crippen molar-refractivity contribution in [2.45, 2.75) is 6.42 Å². The van der Waals surface area contributed by atoms with Gasteiger partial charge in [-0.1, -0.05) is 133 Å². The van der Waals surface area contributed by atoms with Gasteiger partial charge in [-0.25, -0.2) is 0 Å². The predicted molar refractivity (Wildman–Crippen MR) is 196 cm³/mol. The van der Waals surface area contributed by atoms with E-state index in [9.17, 15) is 5.11 Å². The van der Waals surface area contributed by atoms with Gasteiger partial charge in [-0.15, -0.1) is 0 Å². The van der Waals surface area contributed by atoms with Gasteiger partial charge in [-0.2, -0.15) is 0 Å². The summed E-state index contributed by atoms with van der Waals surface area (Å²) in [4.78, 5) is 0. The first-order valence-corrected chi connectivity index (χ1v) is 16.3. The van der Waals surface area contributed by atoms with Gasteiger partial charge in [0.05, 0.1) is 6.61 Å². The second kappa shape index (κ2) is 11.3. The fourth-order valence-electron chi connectivity index (χ4n) is 7.64. The molecule has 0 saturated carbocycles. The molecule has 2 nitrogen and oxygen atoms in total. The minimum Gasteiger partial charge on any atom is -0.491 e. The SMILES string of the molecule is OCCOc1ccc2cc(-c3ccc4c(c3-c3cccc5ccccc35)Cc3c-4cccc3-c3cccc4ccccc34)ccc2c1. The van der Waals surface area contributed by atoms with E-state index in [1.807, 2.05) is 6.07 Å². The van der Waals surface area contributed by atoms with Crippen molar-refractivity contribution in [3.63, 3.8) is 0 Å². The minimum absolute atomic E-state index is 0.000446. The van der Waals surface area contributed by atoms with Crippen LogP contribution < -0.4 is 4.74 Å². The Labute approximate surface area is 274 Å². The van der Waals surface area contributed by atoms with Crippen molar-refractivity contribution in [3.05, 3.63) is 163 Å². The summed E-state index contributed by atoms with van der Waals surface area (Å²) < 4.78 is 5.69. The first-order chi connectivity index (χ1) is 23.3. The third-order valence-electron chi connectivity index (χ3n) is 9.75. The summed E-state index contributed by atoms with van der Waals surface area (Å²) in [7, 11) is 0. The Balaban J connectivity index is 1.26. The summed E-state index contributed by atoms with van der Waals surface area (Å²) in [6.07, 6.45) is 0.871. The van der Waals surface area contributed by atoms with Crippen LogP contribution in [0.3, 0.4) is 0 Å². The smallest absolute Gasteiger partial charge is 0.120 e. The molecule has 0 aliphatic heterocycles. The van der Waals surface area contributed by atoms with Gasteiger partial charge < -0.3 is 9.84 Å². The zero-order valence-corrected chi connectivity index (χ0v) is 25.9. The highest BCUT2D eigenvalue weighted by Gasteiger charge is 2.27. The zero-order valence-electron chi connectivity index (χ0n) is 25.9. The molecule has 8 aromatic carbocycles. The zero-order chi connectivity index (χ0) is 31.3. The van der Waals surface area contributed by atoms with Crippen molar-refractivity contribution in [3.8, 4) is 50.3 Å². The maximum Gasteiger partial charge on any atom is 0.120 e. The molecule has 0 amide bonds. The molecule has 1 aliphatic carbocycles. The van der Waals surface area contributed by atoms with Crippen LogP contribution in [0.4, 0.5) is 0 Å². The number of hydrogen-bond donors (Lipinski definition) is 1. The minimum atomic E-state index is -0.000446. The molecular weight excluding hydrogens is 572 g/mol. The Bertz CT molecular complexity index is 2480. The number of benzene rings is 8. The average molecular weight is 605 g/mol. The van der Waals surface area contributed by atoms with Crippen molar-refractivity contribution in [1.29, 1.82) is 0 Å². The van der Waals surface area contributed by atoms with Crippen LogP contribution >= 0.6 is 0 Å². The lowest BCUT2D eigenvalue weighted by atomic mass is 9.85. The molecule has 0 unspecified atom stereocenters. The molecule has 47 heavy (non-hydrogen) atoms. The summed E-state index contributed by atoms with van der Waals surface area (Å²) in [6, 6.07) is 55.1. The summed E-state index contributed by atoms with van der Waals surface area (Å²) in [5.41, 5.74) is 13.0. The molecule has 8 aromatic rings. The van der Waals surface area contributed by atoms with E-state index in [1.165, 1.54) is 77.2 Å². The summed E-state index contributed by atoms with van der Waals surface area (Å²) in [5.74, 6) is 0.771. The first-order valence-electron chi connectivity index (χ1n) is 16.3. The highest BCUT2D eigenvalue weighted by Crippen LogP contribution is 2.50. The van der Waals surface area contributed by atoms with Crippen LogP contribution in [0.2, 0.25) is 0 Å². The highest BCUT2D eigenvalue weighted by atomic mass is 16.5. The lowest BCUT2D eigenvalue weighted by Gasteiger charge is -2.18. The van der Waals surface area contributed by atoms with Crippen molar-refractivity contribution in [1.82, 2.24) is 0 Å². The van der Waals surface area contributed by atoms with Crippen LogP contribution in [0.25, 0.3) is 76.8 Å². The molecule has 1 aliphatic rings. The van der Waals surface area contributed by atoms with Gasteiger partial charge in [0.25, 0.3) is 0 Å². The van der Waals surface area contributed by atoms with Crippen LogP contribution in [0.15, 0.2) is 152 Å². The van der Waals surface area contributed by atoms with Crippen molar-refractivity contribution < 1.29 is 9.84 Å². The molecule has 224 valence electrons. The van der Waals surface area contributed by atoms with Gasteiger partial charge in [0.1, 0.15) is 12.4 Å². The van der Waals surface area contributed by atoms with E-state index in [-0.39, 0.29) is 13.2 Å². The summed E-state index contributed by atoms with van der Waals surface area (Å²) in [5, 5.41) is 16.5. The van der Waals surface area contributed by atoms with Gasteiger partial charge in [0.2, 0.25) is 0 Å². The van der Waals surface area contributed by atoms with Crippen molar-refractivity contribution in [2.75, 3.05) is 13.2 Å². The molecular formula is C45H32O2. The quantitative estimate of drug-likeness (QED) is 0.205. The molecule has 0 bridgehead atoms. The molecule has 0 aromatic heterocycles. The second-order valence-corrected chi connectivity index (χ2v) is 12.4. The lowest BCUT2D eigenvalue weighted by molar-refractivity contribution is 0.201. The Hall–Kier alpha value is -5.70. The molecule has 9 rings (SSSR count). The van der Waals surface area contributed by atoms with Gasteiger partial charge in [-0.3, -0.25) is 0 Å². The monoisotopic (exact) mass is 604 g/mol. The van der Waals surface area contributed by atoms with Crippen LogP contribution in [0, 0.1) is 0 Å². The summed E-state index contributed by atoms with van der Waals surface area (Å²) >= 11 is 0. The maximum atomic E-state index is 9.20. The van der Waals surface area contributed by atoms with E-state index in [0.29, 0.717) is 0 Å². The molecule has 0 spiro atoms. The molecule has 0 atom stereocenters. The standard InChI is InChI=1S/C45H32O2/c46-24-25-47-34-21-20-31-26-33(19-18-32(31)27-34)37-22-23-41-40-16-7-15-39(38-14-5-10-29-8-1-3-12-35(29)38)43(40)28-44(41)45(37)42-17-6-11-30-9-2-4-13-36(30)42/h1-23,26-27,46H,24-25,28H2. The van der Waals surface area contributed by atoms with Gasteiger partial charge >= 0.3 is 0 Å². The van der Waals surface area contributed by atoms with E-state index in [4.69, 9.17) is 4.74 Å². The molecule has 1 N–H and O–H groups in total. The molecule has 2 heteroatoms. The van der Waals surface area contributed by atoms with E-state index in [2.05, 4.69) is 146 Å². The van der Waals surface area contributed by atoms with Crippen LogP contribution in [0.1, 0.15) is 11.1 Å². The van der Waals surface area contributed by atoms with Crippen LogP contribution in [0.5, 0.6) is 5.75 Å². The number of aliphatic hydroxyl groups is 1. The Morgan fingerprint density at radius 2 is 1.02 bits per heavy atom. The third-order valence-corrected chi connectivity index (χ3v) is 9.75. The van der Waals surface area contributed by atoms with Crippen molar-refractivity contribution >= 4 is 32.3 Å². The number of rotatable bonds is 6. The predicted octanol–water partition coefficient (Wildman–Crippen LogP) is 11.1. The number of aliphatic hydroxyl groups excluding tert-OH is 1. The Morgan fingerprint density at radius 3 is 1.81 bits per heavy atom. The largest absolute Gasteiger partial charge is 0.491 e. The van der Waals surface area contributed by atoms with E-state index in [1.54, 1.807) is 0 Å². The number of hydrogen-bond acceptors (Lipinski definition) is 2. The fourth-order valence-corrected chi connectivity index (χ4v) is 7.64. The van der Waals surface area contributed by atoms with E-state index in [0.717, 1.165) is 22.9 Å². The van der Waals surface area contributed by atoms with Gasteiger partial charge in [-0.05, 0) is 113 Å². The average Bonchev–Trinajstić information content (AvgIpc) is 3.52. The van der Waals surface area contributed by atoms with E-state index < -0.39 is 0 Å². The summed E-state index contributed by atoms with van der Waals surface area (Å²) in [6.45, 7) is 0.289. The van der Waals surface area contributed by atoms with Crippen LogP contribution in [-0.4, -0.2) is 18.3 Å². The normalized spacial score (nSPS) is 12.0. The highest BCUT2D eigenvalue weighted by molar-refractivity contribution is 6.06. The lowest BCUT2D eigenvalue weighted by Crippen LogP contribution is -2.01. The topological polar surface area (TPSA) is 29.5 Å². The first kappa shape index (κ1) is 27.6. The van der Waals surface area contributed by atoms with Crippen LogP contribution in [-0.2, 0) is 6.42 Å². The second-order valence-electron chi connectivity index (χ2n) is 12.4. The van der Waals surface area contributed by atoms with Crippen molar-refractivity contribution in [2.24, 2.45) is 0 Å². The number of ether oxygens (including phenoxy) is 1. The van der Waals surface area contributed by atoms with E-state index >= 15 is 0 Å². The Kier molecular flexibility index (Phi) is 6.62. The van der Waals surface area contributed by atoms with Gasteiger partial charge in [0.15, 0.2) is 0 Å².